The Morgan fingerprint density at radius 3 is 2.43 bits per heavy atom. The van der Waals surface area contributed by atoms with Crippen molar-refractivity contribution >= 4 is 27.5 Å². The van der Waals surface area contributed by atoms with Crippen molar-refractivity contribution in [3.05, 3.63) is 64.7 Å². The summed E-state index contributed by atoms with van der Waals surface area (Å²) in [6.45, 7) is 3.83. The molecule has 0 radical (unpaired) electrons. The van der Waals surface area contributed by atoms with Crippen LogP contribution in [-0.4, -0.2) is 44.9 Å². The second kappa shape index (κ2) is 10.0. The molecule has 0 heterocycles. The lowest BCUT2D eigenvalue weighted by Crippen LogP contribution is -2.44. The lowest BCUT2D eigenvalue weighted by molar-refractivity contribution is -0.122. The van der Waals surface area contributed by atoms with Crippen LogP contribution in [0.15, 0.2) is 53.4 Å². The summed E-state index contributed by atoms with van der Waals surface area (Å²) >= 11 is 5.88. The Hall–Kier alpha value is -1.93. The summed E-state index contributed by atoms with van der Waals surface area (Å²) in [7, 11) is -2.35. The van der Waals surface area contributed by atoms with Crippen molar-refractivity contribution in [3.63, 3.8) is 0 Å². The van der Waals surface area contributed by atoms with Gasteiger partial charge in [-0.05, 0) is 49.2 Å². The van der Waals surface area contributed by atoms with E-state index >= 15 is 0 Å². The number of sulfonamides is 1. The number of benzene rings is 2. The van der Waals surface area contributed by atoms with Crippen LogP contribution >= 0.6 is 11.6 Å². The van der Waals surface area contributed by atoms with Gasteiger partial charge in [-0.15, -0.1) is 0 Å². The summed E-state index contributed by atoms with van der Waals surface area (Å²) in [5.41, 5.74) is 1.78. The Labute approximate surface area is 171 Å². The van der Waals surface area contributed by atoms with Crippen LogP contribution in [0.1, 0.15) is 18.1 Å². The van der Waals surface area contributed by atoms with Crippen LogP contribution in [0.5, 0.6) is 0 Å². The Morgan fingerprint density at radius 2 is 1.82 bits per heavy atom. The van der Waals surface area contributed by atoms with E-state index in [1.807, 2.05) is 31.2 Å². The average molecular weight is 425 g/mol. The molecule has 0 aliphatic rings. The molecule has 0 bridgehead atoms. The highest BCUT2D eigenvalue weighted by Gasteiger charge is 2.27. The van der Waals surface area contributed by atoms with Gasteiger partial charge in [0.15, 0.2) is 0 Å². The molecule has 2 aromatic rings. The van der Waals surface area contributed by atoms with Crippen LogP contribution in [0.25, 0.3) is 0 Å². The number of nitrogens with one attached hydrogen (secondary N) is 1. The third-order valence-corrected chi connectivity index (χ3v) is 6.26. The monoisotopic (exact) mass is 424 g/mol. The van der Waals surface area contributed by atoms with E-state index in [0.717, 1.165) is 11.1 Å². The molecule has 1 N–H and O–H groups in total. The third kappa shape index (κ3) is 6.04. The molecule has 0 spiro atoms. The van der Waals surface area contributed by atoms with Crippen molar-refractivity contribution in [2.24, 2.45) is 0 Å². The smallest absolute Gasteiger partial charge is 0.243 e. The summed E-state index contributed by atoms with van der Waals surface area (Å²) in [6, 6.07) is 13.2. The molecule has 8 heteroatoms. The third-order valence-electron chi connectivity index (χ3n) is 4.20. The summed E-state index contributed by atoms with van der Waals surface area (Å²) in [5.74, 6) is -0.393. The maximum atomic E-state index is 13.2. The molecular weight excluding hydrogens is 400 g/mol. The standard InChI is InChI=1S/C20H25ClN2O4S/c1-15-6-4-5-7-17(15)12-23(13-20(24)22-16(2)14-27-3)28(25,26)19-10-8-18(21)9-11-19/h4-11,16H,12-14H2,1-3H3,(H,22,24)/t16-/m0/s1. The number of aryl methyl sites for hydroxylation is 1. The number of nitrogens with zero attached hydrogens (tertiary/aromatic N) is 1. The van der Waals surface area contributed by atoms with E-state index in [1.54, 1.807) is 6.92 Å². The fourth-order valence-electron chi connectivity index (χ4n) is 2.73. The van der Waals surface area contributed by atoms with E-state index < -0.39 is 15.9 Å². The van der Waals surface area contributed by atoms with Gasteiger partial charge in [-0.2, -0.15) is 4.31 Å². The fourth-order valence-corrected chi connectivity index (χ4v) is 4.23. The molecule has 1 amide bonds. The van der Waals surface area contributed by atoms with E-state index in [4.69, 9.17) is 16.3 Å². The molecule has 2 rings (SSSR count). The molecule has 0 saturated heterocycles. The quantitative estimate of drug-likeness (QED) is 0.671. The lowest BCUT2D eigenvalue weighted by atomic mass is 10.1. The first-order valence-corrected chi connectivity index (χ1v) is 10.6. The normalized spacial score (nSPS) is 12.8. The van der Waals surface area contributed by atoms with Gasteiger partial charge >= 0.3 is 0 Å². The maximum absolute atomic E-state index is 13.2. The van der Waals surface area contributed by atoms with Gasteiger partial charge in [-0.25, -0.2) is 8.42 Å². The van der Waals surface area contributed by atoms with Gasteiger partial charge in [0.25, 0.3) is 0 Å². The minimum absolute atomic E-state index is 0.0863. The van der Waals surface area contributed by atoms with Crippen molar-refractivity contribution in [2.75, 3.05) is 20.3 Å². The van der Waals surface area contributed by atoms with Gasteiger partial charge in [0.2, 0.25) is 15.9 Å². The van der Waals surface area contributed by atoms with Crippen molar-refractivity contribution in [2.45, 2.75) is 31.3 Å². The molecule has 0 aliphatic heterocycles. The zero-order valence-electron chi connectivity index (χ0n) is 16.2. The van der Waals surface area contributed by atoms with Crippen molar-refractivity contribution in [3.8, 4) is 0 Å². The Kier molecular flexibility index (Phi) is 8.00. The van der Waals surface area contributed by atoms with Crippen molar-refractivity contribution in [1.82, 2.24) is 9.62 Å². The predicted octanol–water partition coefficient (Wildman–Crippen LogP) is 2.99. The van der Waals surface area contributed by atoms with Crippen LogP contribution in [-0.2, 0) is 26.1 Å². The number of amides is 1. The number of halogens is 1. The summed E-state index contributed by atoms with van der Waals surface area (Å²) < 4.78 is 32.6. The molecule has 0 aromatic heterocycles. The minimum Gasteiger partial charge on any atom is -0.383 e. The Morgan fingerprint density at radius 1 is 1.18 bits per heavy atom. The SMILES string of the molecule is COC[C@H](C)NC(=O)CN(Cc1ccccc1C)S(=O)(=O)c1ccc(Cl)cc1. The molecule has 0 saturated carbocycles. The maximum Gasteiger partial charge on any atom is 0.243 e. The van der Waals surface area contributed by atoms with Crippen molar-refractivity contribution in [1.29, 1.82) is 0 Å². The summed E-state index contributed by atoms with van der Waals surface area (Å²) in [6.07, 6.45) is 0. The second-order valence-electron chi connectivity index (χ2n) is 6.58. The molecule has 28 heavy (non-hydrogen) atoms. The van der Waals surface area contributed by atoms with Crippen LogP contribution < -0.4 is 5.32 Å². The van der Waals surface area contributed by atoms with Gasteiger partial charge < -0.3 is 10.1 Å². The average Bonchev–Trinajstić information content (AvgIpc) is 2.63. The molecular formula is C20H25ClN2O4S. The van der Waals surface area contributed by atoms with E-state index in [9.17, 15) is 13.2 Å². The van der Waals surface area contributed by atoms with E-state index in [-0.39, 0.29) is 24.0 Å². The van der Waals surface area contributed by atoms with E-state index in [1.165, 1.54) is 35.7 Å². The van der Waals surface area contributed by atoms with Crippen LogP contribution in [0.4, 0.5) is 0 Å². The van der Waals surface area contributed by atoms with Gasteiger partial charge in [-0.1, -0.05) is 35.9 Å². The molecule has 6 nitrogen and oxygen atoms in total. The Balaban J connectivity index is 2.31. The van der Waals surface area contributed by atoms with E-state index in [2.05, 4.69) is 5.32 Å². The predicted molar refractivity (Wildman–Crippen MR) is 110 cm³/mol. The first-order valence-electron chi connectivity index (χ1n) is 8.82. The first-order chi connectivity index (χ1) is 13.2. The second-order valence-corrected chi connectivity index (χ2v) is 8.95. The number of hydrogen-bond acceptors (Lipinski definition) is 4. The largest absolute Gasteiger partial charge is 0.383 e. The molecule has 0 fully saturated rings. The van der Waals surface area contributed by atoms with Crippen molar-refractivity contribution < 1.29 is 17.9 Å². The fraction of sp³-hybridized carbons (Fsp3) is 0.350. The first kappa shape index (κ1) is 22.4. The molecule has 2 aromatic carbocycles. The molecule has 1 atom stereocenters. The number of carbonyl (C=O) groups is 1. The number of carbonyl (C=O) groups excluding carboxylic acids is 1. The number of methoxy groups -OCH3 is 1. The molecule has 152 valence electrons. The Bertz CT molecular complexity index is 901. The topological polar surface area (TPSA) is 75.7 Å². The zero-order chi connectivity index (χ0) is 20.7. The van der Waals surface area contributed by atoms with Crippen LogP contribution in [0.3, 0.4) is 0 Å². The van der Waals surface area contributed by atoms with Gasteiger partial charge in [-0.3, -0.25) is 4.79 Å². The van der Waals surface area contributed by atoms with Crippen LogP contribution in [0.2, 0.25) is 5.02 Å². The van der Waals surface area contributed by atoms with Gasteiger partial charge in [0.05, 0.1) is 18.0 Å². The van der Waals surface area contributed by atoms with Gasteiger partial charge in [0, 0.05) is 24.7 Å². The highest BCUT2D eigenvalue weighted by atomic mass is 35.5. The summed E-state index contributed by atoms with van der Waals surface area (Å²) in [4.78, 5) is 12.5. The number of rotatable bonds is 9. The number of ether oxygens (including phenoxy) is 1. The van der Waals surface area contributed by atoms with Gasteiger partial charge in [0.1, 0.15) is 0 Å². The van der Waals surface area contributed by atoms with Crippen LogP contribution in [0, 0.1) is 6.92 Å². The highest BCUT2D eigenvalue weighted by Crippen LogP contribution is 2.21. The lowest BCUT2D eigenvalue weighted by Gasteiger charge is -2.24. The number of hydrogen-bond donors (Lipinski definition) is 1. The zero-order valence-corrected chi connectivity index (χ0v) is 17.8. The summed E-state index contributed by atoms with van der Waals surface area (Å²) in [5, 5.41) is 3.19. The van der Waals surface area contributed by atoms with E-state index in [0.29, 0.717) is 11.6 Å². The molecule has 0 aliphatic carbocycles. The molecule has 0 unspecified atom stereocenters. The highest BCUT2D eigenvalue weighted by molar-refractivity contribution is 7.89. The minimum atomic E-state index is -3.89.